The van der Waals surface area contributed by atoms with E-state index in [0.29, 0.717) is 43.6 Å². The fourth-order valence-corrected chi connectivity index (χ4v) is 11.6. The van der Waals surface area contributed by atoms with Gasteiger partial charge >= 0.3 is 5.97 Å². The van der Waals surface area contributed by atoms with Gasteiger partial charge in [0.1, 0.15) is 42.3 Å². The summed E-state index contributed by atoms with van der Waals surface area (Å²) in [6.07, 6.45) is 0.298. The highest BCUT2D eigenvalue weighted by molar-refractivity contribution is 5.98. The van der Waals surface area contributed by atoms with Gasteiger partial charge in [-0.2, -0.15) is 0 Å². The third-order valence-electron chi connectivity index (χ3n) is 17.8. The maximum absolute atomic E-state index is 15.6. The number of aliphatic hydroxyl groups is 2. The Labute approximate surface area is 514 Å². The number of anilines is 1. The average Bonchev–Trinajstić information content (AvgIpc) is 2.62. The monoisotopic (exact) mass is 1210 g/mol. The summed E-state index contributed by atoms with van der Waals surface area (Å²) in [5.41, 5.74) is 1.04. The predicted molar refractivity (Wildman–Crippen MR) is 330 cm³/mol. The molecule has 12 atom stereocenters. The summed E-state index contributed by atoms with van der Waals surface area (Å²) in [5.74, 6) is -6.02. The van der Waals surface area contributed by atoms with Crippen LogP contribution in [0.15, 0.2) is 72.9 Å². The van der Waals surface area contributed by atoms with Crippen LogP contribution in [0.1, 0.15) is 112 Å². The van der Waals surface area contributed by atoms with Crippen LogP contribution >= 0.6 is 0 Å². The Morgan fingerprint density at radius 2 is 1.32 bits per heavy atom. The van der Waals surface area contributed by atoms with E-state index in [1.54, 1.807) is 51.2 Å². The molecule has 0 spiro atoms. The number of amides is 7. The van der Waals surface area contributed by atoms with Crippen LogP contribution in [0.25, 0.3) is 11.1 Å². The van der Waals surface area contributed by atoms with Crippen LogP contribution in [-0.4, -0.2) is 214 Å². The van der Waals surface area contributed by atoms with Gasteiger partial charge in [-0.25, -0.2) is 9.78 Å². The first kappa shape index (κ1) is 69.1. The normalized spacial score (nSPS) is 27.0. The molecule has 3 aliphatic rings. The number of benzene rings is 2. The standard InChI is InChI=1S/C65H96N10O12/c1-15-40(5)53-62(82)70(11)42(7)56(76)67-48(34-39(3)4)60(80)73(14)55(65(9,10)85)64(84)87-54(41(6)16-2)63(83)71(12)43(8)57(77)68-49(36-44-22-18-17-19-23-44)59(79)72(13)51(61(81)75-29-21-26-50(75)58(78)69-53)37-45-24-20-25-46(35-45)47-27-28-52(66-38-47)74-30-32-86-33-31-74/h17-20,22-25,27-28,35,38-43,48-51,53-56,67,76,85H,15-16,21,26,29-34,36-37H2,1-14H3,(H,68,77)(H,69,78)/t40?,41-,42+,43+,48?,49?,50?,51?,53?,54?,55?,56?/m1/s1. The van der Waals surface area contributed by atoms with Gasteiger partial charge < -0.3 is 59.7 Å². The smallest absolute Gasteiger partial charge is 0.332 e. The molecule has 478 valence electrons. The van der Waals surface area contributed by atoms with E-state index in [9.17, 15) is 39.0 Å². The lowest BCUT2D eigenvalue weighted by atomic mass is 9.94. The third kappa shape index (κ3) is 17.2. The Morgan fingerprint density at radius 3 is 1.93 bits per heavy atom. The molecule has 87 heavy (non-hydrogen) atoms. The van der Waals surface area contributed by atoms with Crippen molar-refractivity contribution in [3.8, 4) is 11.1 Å². The molecule has 3 fully saturated rings. The second kappa shape index (κ2) is 30.8. The number of morpholine rings is 1. The van der Waals surface area contributed by atoms with Gasteiger partial charge in [0.05, 0.1) is 30.9 Å². The number of nitrogens with one attached hydrogen (secondary N) is 3. The minimum atomic E-state index is -1.95. The number of aliphatic hydroxyl groups excluding tert-OH is 1. The largest absolute Gasteiger partial charge is 0.450 e. The highest BCUT2D eigenvalue weighted by Crippen LogP contribution is 2.29. The second-order valence-corrected chi connectivity index (χ2v) is 25.0. The Kier molecular flexibility index (Phi) is 24.4. The van der Waals surface area contributed by atoms with Crippen LogP contribution in [-0.2, 0) is 60.7 Å². The number of hydrogen-bond donors (Lipinski definition) is 5. The first-order valence-electron chi connectivity index (χ1n) is 30.9. The van der Waals surface area contributed by atoms with Crippen LogP contribution in [0.4, 0.5) is 5.82 Å². The summed E-state index contributed by atoms with van der Waals surface area (Å²) in [7, 11) is 5.67. The van der Waals surface area contributed by atoms with Crippen LogP contribution < -0.4 is 20.9 Å². The van der Waals surface area contributed by atoms with Crippen molar-refractivity contribution in [2.24, 2.45) is 17.8 Å². The zero-order chi connectivity index (χ0) is 64.2. The number of pyridine rings is 1. The van der Waals surface area contributed by atoms with E-state index >= 15 is 9.59 Å². The van der Waals surface area contributed by atoms with Crippen LogP contribution in [0, 0.1) is 17.8 Å². The molecule has 3 aliphatic heterocycles. The van der Waals surface area contributed by atoms with E-state index in [0.717, 1.165) is 39.8 Å². The maximum Gasteiger partial charge on any atom is 0.332 e. The highest BCUT2D eigenvalue weighted by atomic mass is 16.6. The van der Waals surface area contributed by atoms with Crippen LogP contribution in [0.3, 0.4) is 0 Å². The molecule has 5 N–H and O–H groups in total. The second-order valence-electron chi connectivity index (χ2n) is 25.0. The van der Waals surface area contributed by atoms with Crippen LogP contribution in [0.2, 0.25) is 0 Å². The van der Waals surface area contributed by atoms with Gasteiger partial charge in [0.2, 0.25) is 35.4 Å². The average molecular weight is 1210 g/mol. The zero-order valence-electron chi connectivity index (χ0n) is 53.5. The van der Waals surface area contributed by atoms with Crippen molar-refractivity contribution in [1.29, 1.82) is 0 Å². The van der Waals surface area contributed by atoms with Crippen LogP contribution in [0.5, 0.6) is 0 Å². The number of nitrogens with zero attached hydrogens (tertiary/aromatic N) is 7. The van der Waals surface area contributed by atoms with E-state index in [-0.39, 0.29) is 38.1 Å². The number of fused-ring (bicyclic) bond motifs is 1. The Morgan fingerprint density at radius 1 is 0.678 bits per heavy atom. The van der Waals surface area contributed by atoms with Gasteiger partial charge in [0, 0.05) is 78.3 Å². The van der Waals surface area contributed by atoms with E-state index in [4.69, 9.17) is 14.5 Å². The molecule has 22 heteroatoms. The molecule has 3 saturated heterocycles. The summed E-state index contributed by atoms with van der Waals surface area (Å²) >= 11 is 0. The van der Waals surface area contributed by atoms with Gasteiger partial charge in [0.15, 0.2) is 12.1 Å². The van der Waals surface area contributed by atoms with Crippen molar-refractivity contribution >= 4 is 53.1 Å². The lowest BCUT2D eigenvalue weighted by Crippen LogP contribution is -2.63. The zero-order valence-corrected chi connectivity index (χ0v) is 53.5. The lowest BCUT2D eigenvalue weighted by Gasteiger charge is -2.39. The first-order chi connectivity index (χ1) is 41.1. The molecular formula is C65H96N10O12. The summed E-state index contributed by atoms with van der Waals surface area (Å²) < 4.78 is 11.6. The third-order valence-corrected chi connectivity index (χ3v) is 17.8. The molecular weight excluding hydrogens is 1110 g/mol. The number of hydrogen-bond acceptors (Lipinski definition) is 15. The van der Waals surface area contributed by atoms with E-state index in [2.05, 4.69) is 20.9 Å². The molecule has 7 amide bonds. The van der Waals surface area contributed by atoms with Crippen molar-refractivity contribution in [2.45, 2.75) is 180 Å². The quantitative estimate of drug-likeness (QED) is 0.153. The maximum atomic E-state index is 15.6. The molecule has 0 saturated carbocycles. The van der Waals surface area contributed by atoms with E-state index in [1.807, 2.05) is 70.2 Å². The topological polar surface area (TPSA) is 264 Å². The summed E-state index contributed by atoms with van der Waals surface area (Å²) in [6, 6.07) is 10.6. The van der Waals surface area contributed by atoms with Gasteiger partial charge in [-0.1, -0.05) is 103 Å². The van der Waals surface area contributed by atoms with Crippen molar-refractivity contribution in [2.75, 3.05) is 65.9 Å². The molecule has 6 rings (SSSR count). The number of likely N-dealkylation sites (N-methyl/N-ethyl adjacent to an activating group) is 4. The van der Waals surface area contributed by atoms with Gasteiger partial charge in [-0.15, -0.1) is 0 Å². The number of rotatable bonds is 13. The fraction of sp³-hybridized carbons (Fsp3) is 0.615. The number of carbonyl (C=O) groups excluding carboxylic acids is 8. The number of esters is 1. The van der Waals surface area contributed by atoms with E-state index < -0.39 is 125 Å². The molecule has 22 nitrogen and oxygen atoms in total. The Hall–Kier alpha value is -7.01. The van der Waals surface area contributed by atoms with Crippen molar-refractivity contribution in [1.82, 2.24) is 45.4 Å². The molecule has 2 aromatic carbocycles. The van der Waals surface area contributed by atoms with Crippen molar-refractivity contribution in [3.05, 3.63) is 84.1 Å². The molecule has 0 radical (unpaired) electrons. The molecule has 3 aromatic rings. The first-order valence-corrected chi connectivity index (χ1v) is 30.9. The minimum Gasteiger partial charge on any atom is -0.450 e. The van der Waals surface area contributed by atoms with E-state index in [1.165, 1.54) is 63.7 Å². The number of cyclic esters (lactones) is 1. The minimum absolute atomic E-state index is 0.0187. The fourth-order valence-electron chi connectivity index (χ4n) is 11.6. The summed E-state index contributed by atoms with van der Waals surface area (Å²) in [4.78, 5) is 133. The van der Waals surface area contributed by atoms with Gasteiger partial charge in [-0.05, 0) is 94.0 Å². The SMILES string of the molecule is CCC(C)C1NC(=O)C2CCCN2C(=O)C(Cc2cccc(-c3ccc(N4CCOCC4)nc3)c2)N(C)C(=O)C(Cc2ccccc2)NC(=O)[C@H](C)N(C)C(=O)C([C@H](C)CC)OC(=O)C(C(C)(C)O)N(C)C(=O)C(CC(C)C)NC(O)[C@H](C)N(C)C1=O. The predicted octanol–water partition coefficient (Wildman–Crippen LogP) is 3.79. The Balaban J connectivity index is 1.46. The van der Waals surface area contributed by atoms with Crippen molar-refractivity contribution in [3.63, 3.8) is 0 Å². The molecule has 9 unspecified atom stereocenters. The molecule has 4 heterocycles. The molecule has 0 aliphatic carbocycles. The molecule has 0 bridgehead atoms. The Bertz CT molecular complexity index is 2850. The summed E-state index contributed by atoms with van der Waals surface area (Å²) in [5, 5.41) is 32.4. The summed E-state index contributed by atoms with van der Waals surface area (Å²) in [6.45, 7) is 19.4. The highest BCUT2D eigenvalue weighted by Gasteiger charge is 2.47. The molecule has 1 aromatic heterocycles. The van der Waals surface area contributed by atoms with Gasteiger partial charge in [-0.3, -0.25) is 38.9 Å². The van der Waals surface area contributed by atoms with Crippen molar-refractivity contribution < 1.29 is 58.0 Å². The van der Waals surface area contributed by atoms with Gasteiger partial charge in [0.25, 0.3) is 5.91 Å². The number of ether oxygens (including phenoxy) is 2. The lowest BCUT2D eigenvalue weighted by molar-refractivity contribution is -0.177. The number of aromatic nitrogens is 1. The number of carbonyl (C=O) groups is 8.